The molecule has 0 unspecified atom stereocenters. The van der Waals surface area contributed by atoms with E-state index in [9.17, 15) is 4.39 Å². The molecule has 15 heavy (non-hydrogen) atoms. The molecule has 4 heterocycles. The Labute approximate surface area is 88.3 Å². The molecular weight excluding hydrogens is 193 g/mol. The Hall–Kier alpha value is -1.16. The Bertz CT molecular complexity index is 343. The summed E-state index contributed by atoms with van der Waals surface area (Å²) >= 11 is 0. The van der Waals surface area contributed by atoms with E-state index in [0.717, 1.165) is 18.8 Å². The fourth-order valence-electron chi connectivity index (χ4n) is 2.56. The van der Waals surface area contributed by atoms with Gasteiger partial charge in [-0.3, -0.25) is 0 Å². The first-order valence-corrected chi connectivity index (χ1v) is 5.44. The van der Waals surface area contributed by atoms with Crippen molar-refractivity contribution >= 4 is 5.69 Å². The minimum atomic E-state index is -0.404. The summed E-state index contributed by atoms with van der Waals surface area (Å²) in [5, 5.41) is 3.49. The van der Waals surface area contributed by atoms with E-state index in [1.807, 2.05) is 6.07 Å². The van der Waals surface area contributed by atoms with Crippen LogP contribution < -0.4 is 10.2 Å². The lowest BCUT2D eigenvalue weighted by molar-refractivity contribution is 0.290. The maximum Gasteiger partial charge on any atom is 0.212 e. The largest absolute Gasteiger partial charge is 0.364 e. The highest BCUT2D eigenvalue weighted by Gasteiger charge is 2.33. The predicted molar refractivity (Wildman–Crippen MR) is 56.4 cm³/mol. The van der Waals surface area contributed by atoms with Crippen LogP contribution in [0.1, 0.15) is 12.8 Å². The van der Waals surface area contributed by atoms with Crippen LogP contribution >= 0.6 is 0 Å². The lowest BCUT2D eigenvalue weighted by atomic mass is 9.93. The van der Waals surface area contributed by atoms with Gasteiger partial charge in [0.1, 0.15) is 0 Å². The van der Waals surface area contributed by atoms with Crippen molar-refractivity contribution in [1.82, 2.24) is 10.3 Å². The standard InChI is InChI=1S/C11H14FN3/c12-11-4-3-10(6-14-11)15-7-8-1-2-9(15)5-13-8/h3-4,6,8-9,13H,1-2,5,7H2/t8-,9-/m1/s1. The third-order valence-electron chi connectivity index (χ3n) is 3.39. The Balaban J connectivity index is 1.85. The zero-order valence-electron chi connectivity index (χ0n) is 8.49. The van der Waals surface area contributed by atoms with E-state index < -0.39 is 5.95 Å². The van der Waals surface area contributed by atoms with Crippen molar-refractivity contribution in [1.29, 1.82) is 0 Å². The van der Waals surface area contributed by atoms with Crippen molar-refractivity contribution in [2.24, 2.45) is 0 Å². The van der Waals surface area contributed by atoms with Crippen LogP contribution in [0, 0.1) is 5.95 Å². The molecule has 80 valence electrons. The fourth-order valence-corrected chi connectivity index (χ4v) is 2.56. The number of fused-ring (bicyclic) bond motifs is 3. The molecule has 1 aromatic rings. The summed E-state index contributed by atoms with van der Waals surface area (Å²) in [6.45, 7) is 2.07. The van der Waals surface area contributed by atoms with Gasteiger partial charge in [0.2, 0.25) is 5.95 Å². The van der Waals surface area contributed by atoms with Crippen molar-refractivity contribution in [3.8, 4) is 0 Å². The summed E-state index contributed by atoms with van der Waals surface area (Å²) in [5.74, 6) is -0.404. The third-order valence-corrected chi connectivity index (χ3v) is 3.39. The van der Waals surface area contributed by atoms with Gasteiger partial charge in [-0.15, -0.1) is 0 Å². The van der Waals surface area contributed by atoms with Gasteiger partial charge in [-0.25, -0.2) is 4.98 Å². The molecule has 3 aliphatic heterocycles. The molecule has 3 nitrogen and oxygen atoms in total. The average molecular weight is 207 g/mol. The normalized spacial score (nSPS) is 29.5. The van der Waals surface area contributed by atoms with Crippen molar-refractivity contribution in [3.63, 3.8) is 0 Å². The molecule has 0 aromatic carbocycles. The minimum absolute atomic E-state index is 0.404. The molecule has 0 saturated carbocycles. The highest BCUT2D eigenvalue weighted by atomic mass is 19.1. The number of anilines is 1. The number of hydrogen-bond donors (Lipinski definition) is 1. The van der Waals surface area contributed by atoms with E-state index in [1.54, 1.807) is 6.20 Å². The number of halogens is 1. The maximum absolute atomic E-state index is 12.7. The Morgan fingerprint density at radius 2 is 2.33 bits per heavy atom. The third kappa shape index (κ3) is 1.59. The van der Waals surface area contributed by atoms with Crippen molar-refractivity contribution in [2.45, 2.75) is 24.9 Å². The Morgan fingerprint density at radius 1 is 1.40 bits per heavy atom. The smallest absolute Gasteiger partial charge is 0.212 e. The number of hydrogen-bond acceptors (Lipinski definition) is 3. The lowest BCUT2D eigenvalue weighted by Gasteiger charge is -2.47. The quantitative estimate of drug-likeness (QED) is 0.700. The van der Waals surface area contributed by atoms with Gasteiger partial charge >= 0.3 is 0 Å². The zero-order valence-corrected chi connectivity index (χ0v) is 8.49. The second-order valence-corrected chi connectivity index (χ2v) is 4.33. The fraction of sp³-hybridized carbons (Fsp3) is 0.545. The van der Waals surface area contributed by atoms with E-state index in [-0.39, 0.29) is 0 Å². The molecule has 3 saturated heterocycles. The van der Waals surface area contributed by atoms with E-state index in [1.165, 1.54) is 18.9 Å². The van der Waals surface area contributed by atoms with Gasteiger partial charge in [-0.05, 0) is 25.0 Å². The summed E-state index contributed by atoms with van der Waals surface area (Å²) in [6.07, 6.45) is 4.13. The molecule has 1 N–H and O–H groups in total. The van der Waals surface area contributed by atoms with Crippen LogP contribution in [-0.4, -0.2) is 30.2 Å². The summed E-state index contributed by atoms with van der Waals surface area (Å²) in [7, 11) is 0. The van der Waals surface area contributed by atoms with Crippen molar-refractivity contribution in [2.75, 3.05) is 18.0 Å². The summed E-state index contributed by atoms with van der Waals surface area (Å²) < 4.78 is 12.7. The molecule has 0 aliphatic carbocycles. The number of nitrogens with one attached hydrogen (secondary N) is 1. The van der Waals surface area contributed by atoms with Gasteiger partial charge in [0, 0.05) is 25.2 Å². The highest BCUT2D eigenvalue weighted by Crippen LogP contribution is 2.27. The molecule has 0 amide bonds. The van der Waals surface area contributed by atoms with Crippen LogP contribution in [0.15, 0.2) is 18.3 Å². The first-order valence-electron chi connectivity index (χ1n) is 5.44. The topological polar surface area (TPSA) is 28.2 Å². The van der Waals surface area contributed by atoms with Gasteiger partial charge in [-0.2, -0.15) is 4.39 Å². The number of piperidine rings is 2. The van der Waals surface area contributed by atoms with E-state index >= 15 is 0 Å². The molecule has 0 spiro atoms. The van der Waals surface area contributed by atoms with Gasteiger partial charge in [-0.1, -0.05) is 0 Å². The molecule has 3 aliphatic rings. The molecular formula is C11H14FN3. The van der Waals surface area contributed by atoms with Crippen molar-refractivity contribution < 1.29 is 4.39 Å². The lowest BCUT2D eigenvalue weighted by Crippen LogP contribution is -2.61. The predicted octanol–water partition coefficient (Wildman–Crippen LogP) is 1.16. The van der Waals surface area contributed by atoms with Crippen LogP contribution in [0.3, 0.4) is 0 Å². The van der Waals surface area contributed by atoms with Gasteiger partial charge in [0.25, 0.3) is 0 Å². The highest BCUT2D eigenvalue weighted by molar-refractivity contribution is 5.46. The average Bonchev–Trinajstić information content (AvgIpc) is 2.31. The minimum Gasteiger partial charge on any atom is -0.364 e. The van der Waals surface area contributed by atoms with Crippen LogP contribution in [-0.2, 0) is 0 Å². The van der Waals surface area contributed by atoms with Gasteiger partial charge < -0.3 is 10.2 Å². The van der Waals surface area contributed by atoms with Crippen LogP contribution in [0.25, 0.3) is 0 Å². The van der Waals surface area contributed by atoms with Crippen LogP contribution in [0.4, 0.5) is 10.1 Å². The number of piperazine rings is 1. The Morgan fingerprint density at radius 3 is 2.87 bits per heavy atom. The number of nitrogens with zero attached hydrogens (tertiary/aromatic N) is 2. The number of aromatic nitrogens is 1. The molecule has 2 atom stereocenters. The molecule has 3 fully saturated rings. The molecule has 1 aromatic heterocycles. The van der Waals surface area contributed by atoms with E-state index in [4.69, 9.17) is 0 Å². The SMILES string of the molecule is Fc1ccc(N2C[C@H]3CC[C@@H]2CN3)cn1. The Kier molecular flexibility index (Phi) is 2.09. The maximum atomic E-state index is 12.7. The first kappa shape index (κ1) is 9.09. The number of rotatable bonds is 1. The molecule has 4 rings (SSSR count). The molecule has 4 heteroatoms. The monoisotopic (exact) mass is 207 g/mol. The summed E-state index contributed by atoms with van der Waals surface area (Å²) in [4.78, 5) is 6.05. The van der Waals surface area contributed by atoms with Gasteiger partial charge in [0.15, 0.2) is 0 Å². The summed E-state index contributed by atoms with van der Waals surface area (Å²) in [5.41, 5.74) is 1.05. The van der Waals surface area contributed by atoms with E-state index in [0.29, 0.717) is 12.1 Å². The summed E-state index contributed by atoms with van der Waals surface area (Å²) in [6, 6.07) is 4.41. The first-order chi connectivity index (χ1) is 7.33. The second-order valence-electron chi connectivity index (χ2n) is 4.33. The van der Waals surface area contributed by atoms with Crippen LogP contribution in [0.5, 0.6) is 0 Å². The zero-order chi connectivity index (χ0) is 10.3. The molecule has 2 bridgehead atoms. The van der Waals surface area contributed by atoms with Crippen LogP contribution in [0.2, 0.25) is 0 Å². The molecule has 0 radical (unpaired) electrons. The number of pyridine rings is 1. The van der Waals surface area contributed by atoms with Gasteiger partial charge in [0.05, 0.1) is 11.9 Å². The van der Waals surface area contributed by atoms with E-state index in [2.05, 4.69) is 15.2 Å². The second kappa shape index (κ2) is 3.45. The van der Waals surface area contributed by atoms with Crippen molar-refractivity contribution in [3.05, 3.63) is 24.3 Å².